The van der Waals surface area contributed by atoms with Gasteiger partial charge in [0.25, 0.3) is 0 Å². The number of fused-ring (bicyclic) bond motifs is 1. The van der Waals surface area contributed by atoms with Crippen LogP contribution >= 0.6 is 0 Å². The van der Waals surface area contributed by atoms with Crippen LogP contribution in [0.25, 0.3) is 0 Å². The zero-order valence-electron chi connectivity index (χ0n) is 10.7. The topological polar surface area (TPSA) is 61.4 Å². The molecule has 1 atom stereocenters. The molecule has 0 saturated heterocycles. The third kappa shape index (κ3) is 3.23. The lowest BCUT2D eigenvalue weighted by Crippen LogP contribution is -2.33. The van der Waals surface area contributed by atoms with Crippen molar-refractivity contribution in [3.8, 4) is 5.75 Å². The van der Waals surface area contributed by atoms with Crippen molar-refractivity contribution < 1.29 is 9.90 Å². The van der Waals surface area contributed by atoms with E-state index in [0.29, 0.717) is 12.3 Å². The zero-order valence-corrected chi connectivity index (χ0v) is 10.7. The fourth-order valence-electron chi connectivity index (χ4n) is 2.48. The van der Waals surface area contributed by atoms with Crippen LogP contribution < -0.4 is 10.6 Å². The Kier molecular flexibility index (Phi) is 4.20. The van der Waals surface area contributed by atoms with Gasteiger partial charge >= 0.3 is 0 Å². The second kappa shape index (κ2) is 5.87. The first-order valence-electron chi connectivity index (χ1n) is 6.46. The predicted octanol–water partition coefficient (Wildman–Crippen LogP) is 1.50. The lowest BCUT2D eigenvalue weighted by Gasteiger charge is -2.26. The first-order valence-corrected chi connectivity index (χ1v) is 6.46. The minimum atomic E-state index is -0.00140. The number of benzene rings is 1. The zero-order chi connectivity index (χ0) is 13.0. The van der Waals surface area contributed by atoms with Gasteiger partial charge in [0, 0.05) is 26.1 Å². The van der Waals surface area contributed by atoms with Crippen LogP contribution in [0.15, 0.2) is 18.2 Å². The number of phenols is 1. The van der Waals surface area contributed by atoms with Crippen LogP contribution in [-0.2, 0) is 11.2 Å². The molecule has 1 aliphatic rings. The molecule has 1 aromatic rings. The molecule has 2 rings (SSSR count). The van der Waals surface area contributed by atoms with Gasteiger partial charge in [-0.05, 0) is 42.5 Å². The number of aryl methyl sites for hydroxylation is 1. The normalized spacial score (nSPS) is 18.2. The average molecular weight is 248 g/mol. The van der Waals surface area contributed by atoms with E-state index in [2.05, 4.69) is 10.6 Å². The van der Waals surface area contributed by atoms with Crippen LogP contribution in [0.2, 0.25) is 0 Å². The number of aromatic hydroxyl groups is 1. The van der Waals surface area contributed by atoms with Crippen LogP contribution in [-0.4, -0.2) is 24.1 Å². The maximum atomic E-state index is 10.8. The highest BCUT2D eigenvalue weighted by atomic mass is 16.3. The summed E-state index contributed by atoms with van der Waals surface area (Å²) >= 11 is 0. The highest BCUT2D eigenvalue weighted by Gasteiger charge is 2.19. The van der Waals surface area contributed by atoms with Crippen LogP contribution in [0.3, 0.4) is 0 Å². The molecule has 0 fully saturated rings. The summed E-state index contributed by atoms with van der Waals surface area (Å²) in [5.74, 6) is 0.322. The molecule has 3 N–H and O–H groups in total. The summed E-state index contributed by atoms with van der Waals surface area (Å²) in [6.45, 7) is 2.91. The van der Waals surface area contributed by atoms with Gasteiger partial charge in [-0.2, -0.15) is 0 Å². The van der Waals surface area contributed by atoms with Gasteiger partial charge in [-0.15, -0.1) is 0 Å². The number of hydrogen-bond acceptors (Lipinski definition) is 3. The van der Waals surface area contributed by atoms with Gasteiger partial charge in [-0.1, -0.05) is 6.07 Å². The van der Waals surface area contributed by atoms with E-state index in [9.17, 15) is 9.90 Å². The molecule has 0 heterocycles. The summed E-state index contributed by atoms with van der Waals surface area (Å²) in [6.07, 6.45) is 3.32. The molecule has 4 nitrogen and oxygen atoms in total. The first-order chi connectivity index (χ1) is 8.66. The Bertz CT molecular complexity index is 432. The maximum absolute atomic E-state index is 10.8. The summed E-state index contributed by atoms with van der Waals surface area (Å²) in [6, 6.07) is 5.89. The van der Waals surface area contributed by atoms with E-state index in [0.717, 1.165) is 25.8 Å². The quantitative estimate of drug-likeness (QED) is 0.708. The fraction of sp³-hybridized carbons (Fsp3) is 0.500. The number of carbonyl (C=O) groups excluding carboxylic acids is 1. The van der Waals surface area contributed by atoms with E-state index < -0.39 is 0 Å². The highest BCUT2D eigenvalue weighted by Crippen LogP contribution is 2.31. The largest absolute Gasteiger partial charge is 0.508 e. The number of hydrogen-bond donors (Lipinski definition) is 3. The average Bonchev–Trinajstić information content (AvgIpc) is 2.34. The van der Waals surface area contributed by atoms with Crippen LogP contribution in [0.4, 0.5) is 0 Å². The second-order valence-electron chi connectivity index (χ2n) is 4.77. The first kappa shape index (κ1) is 12.9. The van der Waals surface area contributed by atoms with Crippen molar-refractivity contribution in [3.05, 3.63) is 29.3 Å². The molecule has 1 amide bonds. The maximum Gasteiger partial charge on any atom is 0.216 e. The number of phenolic OH excluding ortho intramolecular Hbond substituents is 1. The number of nitrogens with one attached hydrogen (secondary N) is 2. The van der Waals surface area contributed by atoms with E-state index in [1.54, 1.807) is 6.07 Å². The number of amides is 1. The Morgan fingerprint density at radius 2 is 2.28 bits per heavy atom. The lowest BCUT2D eigenvalue weighted by molar-refractivity contribution is -0.118. The third-order valence-corrected chi connectivity index (χ3v) is 3.33. The molecule has 1 unspecified atom stereocenters. The molecule has 0 bridgehead atoms. The molecule has 0 spiro atoms. The summed E-state index contributed by atoms with van der Waals surface area (Å²) in [7, 11) is 0. The standard InChI is InChI=1S/C14H20N2O2/c1-10(17)15-7-8-16-14-4-2-3-11-5-6-12(18)9-13(11)14/h5-6,9,14,16,18H,2-4,7-8H2,1H3,(H,15,17). The summed E-state index contributed by atoms with van der Waals surface area (Å²) in [5, 5.41) is 15.8. The number of carbonyl (C=O) groups is 1. The van der Waals surface area contributed by atoms with Gasteiger partial charge in [0.2, 0.25) is 5.91 Å². The molecular weight excluding hydrogens is 228 g/mol. The predicted molar refractivity (Wildman–Crippen MR) is 70.5 cm³/mol. The van der Waals surface area contributed by atoms with Gasteiger partial charge in [0.05, 0.1) is 0 Å². The van der Waals surface area contributed by atoms with Gasteiger partial charge in [0.1, 0.15) is 5.75 Å². The van der Waals surface area contributed by atoms with Crippen molar-refractivity contribution in [3.63, 3.8) is 0 Å². The molecular formula is C14H20N2O2. The van der Waals surface area contributed by atoms with E-state index >= 15 is 0 Å². The minimum absolute atomic E-state index is 0.00140. The van der Waals surface area contributed by atoms with Gasteiger partial charge in [0.15, 0.2) is 0 Å². The van der Waals surface area contributed by atoms with Crippen molar-refractivity contribution in [1.82, 2.24) is 10.6 Å². The Labute approximate surface area is 107 Å². The molecule has 1 aromatic carbocycles. The molecule has 1 aliphatic carbocycles. The van der Waals surface area contributed by atoms with E-state index in [-0.39, 0.29) is 11.9 Å². The van der Waals surface area contributed by atoms with E-state index in [4.69, 9.17) is 0 Å². The van der Waals surface area contributed by atoms with Gasteiger partial charge in [-0.3, -0.25) is 4.79 Å². The Morgan fingerprint density at radius 1 is 1.44 bits per heavy atom. The molecule has 4 heteroatoms. The van der Waals surface area contributed by atoms with Crippen molar-refractivity contribution in [2.75, 3.05) is 13.1 Å². The fourth-order valence-corrected chi connectivity index (χ4v) is 2.48. The summed E-state index contributed by atoms with van der Waals surface area (Å²) < 4.78 is 0. The number of rotatable bonds is 4. The smallest absolute Gasteiger partial charge is 0.216 e. The molecule has 0 radical (unpaired) electrons. The second-order valence-corrected chi connectivity index (χ2v) is 4.77. The molecule has 98 valence electrons. The summed E-state index contributed by atoms with van der Waals surface area (Å²) in [5.41, 5.74) is 2.51. The van der Waals surface area contributed by atoms with Crippen molar-refractivity contribution in [2.24, 2.45) is 0 Å². The van der Waals surface area contributed by atoms with Crippen LogP contribution in [0.1, 0.15) is 36.9 Å². The van der Waals surface area contributed by atoms with E-state index in [1.807, 2.05) is 12.1 Å². The molecule has 0 saturated carbocycles. The van der Waals surface area contributed by atoms with Crippen molar-refractivity contribution >= 4 is 5.91 Å². The molecule has 0 aliphatic heterocycles. The van der Waals surface area contributed by atoms with Crippen LogP contribution in [0, 0.1) is 0 Å². The Balaban J connectivity index is 1.95. The van der Waals surface area contributed by atoms with Crippen LogP contribution in [0.5, 0.6) is 5.75 Å². The van der Waals surface area contributed by atoms with E-state index in [1.165, 1.54) is 18.1 Å². The van der Waals surface area contributed by atoms with Gasteiger partial charge in [-0.25, -0.2) is 0 Å². The van der Waals surface area contributed by atoms with Crippen molar-refractivity contribution in [2.45, 2.75) is 32.2 Å². The lowest BCUT2D eigenvalue weighted by atomic mass is 9.87. The SMILES string of the molecule is CC(=O)NCCNC1CCCc2ccc(O)cc21. The molecule has 18 heavy (non-hydrogen) atoms. The molecule has 0 aromatic heterocycles. The highest BCUT2D eigenvalue weighted by molar-refractivity contribution is 5.72. The summed E-state index contributed by atoms with van der Waals surface area (Å²) in [4.78, 5) is 10.8. The minimum Gasteiger partial charge on any atom is -0.508 e. The Hall–Kier alpha value is -1.55. The third-order valence-electron chi connectivity index (χ3n) is 3.33. The van der Waals surface area contributed by atoms with Crippen molar-refractivity contribution in [1.29, 1.82) is 0 Å². The Morgan fingerprint density at radius 3 is 3.06 bits per heavy atom. The monoisotopic (exact) mass is 248 g/mol. The van der Waals surface area contributed by atoms with Gasteiger partial charge < -0.3 is 15.7 Å².